The fourth-order valence-corrected chi connectivity index (χ4v) is 1.72. The minimum Gasteiger partial charge on any atom is -0.346 e. The van der Waals surface area contributed by atoms with Gasteiger partial charge >= 0.3 is 0 Å². The standard InChI is InChI=1S/C12H22N2/c1-4-5-6-7-8-10(2)12-9-13-11(3)14-12/h9-10H,4-8H2,1-3H3,(H,13,14). The first-order valence-electron chi connectivity index (χ1n) is 5.75. The zero-order valence-electron chi connectivity index (χ0n) is 9.64. The van der Waals surface area contributed by atoms with Gasteiger partial charge in [0.15, 0.2) is 0 Å². The topological polar surface area (TPSA) is 28.7 Å². The van der Waals surface area contributed by atoms with E-state index in [9.17, 15) is 0 Å². The number of nitrogens with zero attached hydrogens (tertiary/aromatic N) is 1. The Balaban J connectivity index is 2.25. The Morgan fingerprint density at radius 1 is 1.36 bits per heavy atom. The Labute approximate surface area is 87.1 Å². The van der Waals surface area contributed by atoms with Crippen LogP contribution in [0.25, 0.3) is 0 Å². The van der Waals surface area contributed by atoms with Crippen LogP contribution < -0.4 is 0 Å². The van der Waals surface area contributed by atoms with Crippen molar-refractivity contribution in [2.45, 2.75) is 58.8 Å². The molecule has 0 bridgehead atoms. The lowest BCUT2D eigenvalue weighted by atomic mass is 10.0. The van der Waals surface area contributed by atoms with E-state index in [0.29, 0.717) is 5.92 Å². The fourth-order valence-electron chi connectivity index (χ4n) is 1.72. The summed E-state index contributed by atoms with van der Waals surface area (Å²) in [4.78, 5) is 7.53. The molecule has 0 aliphatic rings. The SMILES string of the molecule is CCCCCCC(C)c1cnc(C)[nH]1. The molecule has 0 spiro atoms. The summed E-state index contributed by atoms with van der Waals surface area (Å²) in [7, 11) is 0. The van der Waals surface area contributed by atoms with Gasteiger partial charge in [-0.05, 0) is 19.3 Å². The van der Waals surface area contributed by atoms with Crippen molar-refractivity contribution in [3.8, 4) is 0 Å². The van der Waals surface area contributed by atoms with Crippen LogP contribution in [-0.4, -0.2) is 9.97 Å². The molecule has 14 heavy (non-hydrogen) atoms. The number of unbranched alkanes of at least 4 members (excludes halogenated alkanes) is 3. The Bertz CT molecular complexity index is 253. The van der Waals surface area contributed by atoms with Crippen LogP contribution in [0.1, 0.15) is 63.4 Å². The molecule has 80 valence electrons. The Kier molecular flexibility index (Phi) is 4.71. The lowest BCUT2D eigenvalue weighted by molar-refractivity contribution is 0.573. The second-order valence-corrected chi connectivity index (χ2v) is 4.17. The van der Waals surface area contributed by atoms with Crippen LogP contribution in [0.4, 0.5) is 0 Å². The van der Waals surface area contributed by atoms with Crippen molar-refractivity contribution in [2.75, 3.05) is 0 Å². The van der Waals surface area contributed by atoms with E-state index >= 15 is 0 Å². The normalized spacial score (nSPS) is 13.1. The van der Waals surface area contributed by atoms with Gasteiger partial charge in [0.2, 0.25) is 0 Å². The summed E-state index contributed by atoms with van der Waals surface area (Å²) in [6.07, 6.45) is 8.65. The summed E-state index contributed by atoms with van der Waals surface area (Å²) in [5.74, 6) is 1.66. The van der Waals surface area contributed by atoms with Crippen molar-refractivity contribution < 1.29 is 0 Å². The molecule has 0 aliphatic carbocycles. The molecular formula is C12H22N2. The first kappa shape index (κ1) is 11.3. The monoisotopic (exact) mass is 194 g/mol. The zero-order valence-corrected chi connectivity index (χ0v) is 9.64. The van der Waals surface area contributed by atoms with Crippen LogP contribution in [0.2, 0.25) is 0 Å². The van der Waals surface area contributed by atoms with Gasteiger partial charge in [0.25, 0.3) is 0 Å². The first-order chi connectivity index (χ1) is 6.74. The van der Waals surface area contributed by atoms with Crippen LogP contribution in [0, 0.1) is 6.92 Å². The number of H-pyrrole nitrogens is 1. The number of hydrogen-bond donors (Lipinski definition) is 1. The fraction of sp³-hybridized carbons (Fsp3) is 0.750. The lowest BCUT2D eigenvalue weighted by Gasteiger charge is -2.08. The van der Waals surface area contributed by atoms with Gasteiger partial charge in [-0.1, -0.05) is 39.5 Å². The van der Waals surface area contributed by atoms with E-state index in [-0.39, 0.29) is 0 Å². The second kappa shape index (κ2) is 5.84. The first-order valence-corrected chi connectivity index (χ1v) is 5.75. The van der Waals surface area contributed by atoms with E-state index in [1.807, 2.05) is 13.1 Å². The lowest BCUT2D eigenvalue weighted by Crippen LogP contribution is -1.94. The molecule has 1 N–H and O–H groups in total. The number of aromatic amines is 1. The Hall–Kier alpha value is -0.790. The molecule has 1 heterocycles. The van der Waals surface area contributed by atoms with Crippen LogP contribution in [-0.2, 0) is 0 Å². The number of nitrogens with one attached hydrogen (secondary N) is 1. The molecule has 0 radical (unpaired) electrons. The van der Waals surface area contributed by atoms with Crippen molar-refractivity contribution in [2.24, 2.45) is 0 Å². The van der Waals surface area contributed by atoms with Gasteiger partial charge in [-0.15, -0.1) is 0 Å². The third kappa shape index (κ3) is 3.52. The van der Waals surface area contributed by atoms with Crippen LogP contribution in [0.3, 0.4) is 0 Å². The highest BCUT2D eigenvalue weighted by Crippen LogP contribution is 2.20. The van der Waals surface area contributed by atoms with Crippen molar-refractivity contribution in [3.05, 3.63) is 17.7 Å². The quantitative estimate of drug-likeness (QED) is 0.686. The molecule has 2 heteroatoms. The van der Waals surface area contributed by atoms with E-state index < -0.39 is 0 Å². The van der Waals surface area contributed by atoms with Crippen molar-refractivity contribution >= 4 is 0 Å². The molecule has 0 fully saturated rings. The summed E-state index contributed by atoms with van der Waals surface area (Å²) in [6, 6.07) is 0. The third-order valence-corrected chi connectivity index (χ3v) is 2.74. The van der Waals surface area contributed by atoms with Gasteiger partial charge in [0, 0.05) is 11.9 Å². The number of aryl methyl sites for hydroxylation is 1. The van der Waals surface area contributed by atoms with E-state index in [2.05, 4.69) is 23.8 Å². The number of imidazole rings is 1. The molecule has 0 saturated carbocycles. The number of hydrogen-bond acceptors (Lipinski definition) is 1. The molecule has 2 nitrogen and oxygen atoms in total. The van der Waals surface area contributed by atoms with Crippen molar-refractivity contribution in [1.29, 1.82) is 0 Å². The molecule has 0 aliphatic heterocycles. The average molecular weight is 194 g/mol. The highest BCUT2D eigenvalue weighted by atomic mass is 14.9. The Morgan fingerprint density at radius 3 is 2.71 bits per heavy atom. The second-order valence-electron chi connectivity index (χ2n) is 4.17. The predicted molar refractivity (Wildman–Crippen MR) is 60.5 cm³/mol. The van der Waals surface area contributed by atoms with E-state index in [4.69, 9.17) is 0 Å². The highest BCUT2D eigenvalue weighted by molar-refractivity contribution is 5.05. The smallest absolute Gasteiger partial charge is 0.103 e. The summed E-state index contributed by atoms with van der Waals surface area (Å²) < 4.78 is 0. The third-order valence-electron chi connectivity index (χ3n) is 2.74. The van der Waals surface area contributed by atoms with Gasteiger partial charge in [-0.3, -0.25) is 0 Å². The highest BCUT2D eigenvalue weighted by Gasteiger charge is 2.06. The predicted octanol–water partition coefficient (Wildman–Crippen LogP) is 3.79. The van der Waals surface area contributed by atoms with E-state index in [1.54, 1.807) is 0 Å². The minimum absolute atomic E-state index is 0.632. The van der Waals surface area contributed by atoms with Crippen LogP contribution >= 0.6 is 0 Å². The Morgan fingerprint density at radius 2 is 2.14 bits per heavy atom. The summed E-state index contributed by atoms with van der Waals surface area (Å²) in [5.41, 5.74) is 1.29. The number of aromatic nitrogens is 2. The van der Waals surface area contributed by atoms with Gasteiger partial charge in [-0.2, -0.15) is 0 Å². The van der Waals surface area contributed by atoms with E-state index in [0.717, 1.165) is 5.82 Å². The van der Waals surface area contributed by atoms with Gasteiger partial charge in [0.05, 0.1) is 0 Å². The molecule has 1 unspecified atom stereocenters. The largest absolute Gasteiger partial charge is 0.346 e. The maximum absolute atomic E-state index is 4.23. The summed E-state index contributed by atoms with van der Waals surface area (Å²) in [6.45, 7) is 6.54. The molecule has 1 aromatic rings. The number of rotatable bonds is 6. The van der Waals surface area contributed by atoms with E-state index in [1.165, 1.54) is 37.8 Å². The van der Waals surface area contributed by atoms with Crippen molar-refractivity contribution in [1.82, 2.24) is 9.97 Å². The van der Waals surface area contributed by atoms with Crippen LogP contribution in [0.5, 0.6) is 0 Å². The molecule has 0 aromatic carbocycles. The molecule has 0 saturated heterocycles. The summed E-state index contributed by atoms with van der Waals surface area (Å²) in [5, 5.41) is 0. The van der Waals surface area contributed by atoms with Gasteiger partial charge < -0.3 is 4.98 Å². The van der Waals surface area contributed by atoms with Crippen LogP contribution in [0.15, 0.2) is 6.20 Å². The maximum atomic E-state index is 4.23. The van der Waals surface area contributed by atoms with Crippen molar-refractivity contribution in [3.63, 3.8) is 0 Å². The zero-order chi connectivity index (χ0) is 10.4. The molecule has 1 rings (SSSR count). The van der Waals surface area contributed by atoms with Gasteiger partial charge in [0.1, 0.15) is 5.82 Å². The molecule has 1 atom stereocenters. The molecular weight excluding hydrogens is 172 g/mol. The molecule has 0 amide bonds. The average Bonchev–Trinajstić information content (AvgIpc) is 2.59. The maximum Gasteiger partial charge on any atom is 0.103 e. The minimum atomic E-state index is 0.632. The van der Waals surface area contributed by atoms with Gasteiger partial charge in [-0.25, -0.2) is 4.98 Å². The summed E-state index contributed by atoms with van der Waals surface area (Å²) >= 11 is 0. The molecule has 1 aromatic heterocycles.